The van der Waals surface area contributed by atoms with E-state index in [2.05, 4.69) is 5.32 Å². The number of carboxylic acid groups (broad SMARTS) is 1. The lowest BCUT2D eigenvalue weighted by Crippen LogP contribution is -2.30. The van der Waals surface area contributed by atoms with Gasteiger partial charge >= 0.3 is 5.97 Å². The fourth-order valence-electron chi connectivity index (χ4n) is 2.05. The maximum absolute atomic E-state index is 11.9. The second-order valence-electron chi connectivity index (χ2n) is 4.79. The molecule has 1 aliphatic rings. The van der Waals surface area contributed by atoms with E-state index in [1.165, 1.54) is 17.4 Å². The molecule has 114 valence electrons. The molecule has 21 heavy (non-hydrogen) atoms. The molecule has 0 spiro atoms. The van der Waals surface area contributed by atoms with Crippen molar-refractivity contribution in [3.8, 4) is 0 Å². The van der Waals surface area contributed by atoms with Crippen molar-refractivity contribution in [3.63, 3.8) is 0 Å². The van der Waals surface area contributed by atoms with Crippen LogP contribution in [0, 0.1) is 5.92 Å². The lowest BCUT2D eigenvalue weighted by molar-refractivity contribution is -0.131. The lowest BCUT2D eigenvalue weighted by Gasteiger charge is -2.08. The molecular weight excluding hydrogens is 314 g/mol. The van der Waals surface area contributed by atoms with Crippen molar-refractivity contribution in [1.82, 2.24) is 5.32 Å². The van der Waals surface area contributed by atoms with Crippen molar-refractivity contribution in [3.05, 3.63) is 28.0 Å². The summed E-state index contributed by atoms with van der Waals surface area (Å²) >= 11 is 1.38. The Morgan fingerprint density at radius 1 is 1.43 bits per heavy atom. The van der Waals surface area contributed by atoms with Crippen LogP contribution in [0.25, 0.3) is 6.08 Å². The highest BCUT2D eigenvalue weighted by Gasteiger charge is 2.32. The molecule has 1 fully saturated rings. The van der Waals surface area contributed by atoms with E-state index in [9.17, 15) is 18.0 Å². The molecule has 2 rings (SSSR count). The van der Waals surface area contributed by atoms with Crippen molar-refractivity contribution < 1.29 is 23.1 Å². The summed E-state index contributed by atoms with van der Waals surface area (Å²) in [5.41, 5.74) is 0. The van der Waals surface area contributed by atoms with Crippen LogP contribution in [-0.2, 0) is 26.0 Å². The molecule has 0 aliphatic carbocycles. The van der Waals surface area contributed by atoms with E-state index in [1.807, 2.05) is 0 Å². The molecule has 1 amide bonds. The summed E-state index contributed by atoms with van der Waals surface area (Å²) in [6.45, 7) is 0.320. The van der Waals surface area contributed by atoms with E-state index in [4.69, 9.17) is 5.11 Å². The number of carbonyl (C=O) groups excluding carboxylic acids is 1. The van der Waals surface area contributed by atoms with Crippen LogP contribution in [-0.4, -0.2) is 36.9 Å². The molecule has 2 N–H and O–H groups in total. The Morgan fingerprint density at radius 3 is 2.81 bits per heavy atom. The van der Waals surface area contributed by atoms with Gasteiger partial charge in [-0.25, -0.2) is 13.2 Å². The fraction of sp³-hybridized carbons (Fsp3) is 0.385. The van der Waals surface area contributed by atoms with E-state index in [0.29, 0.717) is 13.0 Å². The molecule has 2 heterocycles. The Balaban J connectivity index is 1.86. The maximum Gasteiger partial charge on any atom is 0.328 e. The SMILES string of the molecule is O=C(O)C=Cc1ccc(CNC(=O)C2CCS(=O)(=O)C2)s1. The predicted octanol–water partition coefficient (Wildman–Crippen LogP) is 0.897. The van der Waals surface area contributed by atoms with Crippen molar-refractivity contribution >= 4 is 39.1 Å². The first-order chi connectivity index (χ1) is 9.85. The minimum atomic E-state index is -3.06. The molecule has 1 aromatic heterocycles. The first-order valence-electron chi connectivity index (χ1n) is 6.33. The van der Waals surface area contributed by atoms with E-state index in [-0.39, 0.29) is 17.4 Å². The molecule has 8 heteroatoms. The van der Waals surface area contributed by atoms with Crippen LogP contribution in [0.5, 0.6) is 0 Å². The molecule has 0 radical (unpaired) electrons. The number of hydrogen-bond acceptors (Lipinski definition) is 5. The van der Waals surface area contributed by atoms with Gasteiger partial charge < -0.3 is 10.4 Å². The van der Waals surface area contributed by atoms with Crippen LogP contribution in [0.1, 0.15) is 16.2 Å². The molecule has 0 saturated carbocycles. The molecule has 1 aliphatic heterocycles. The zero-order valence-corrected chi connectivity index (χ0v) is 12.7. The third-order valence-electron chi connectivity index (χ3n) is 3.11. The van der Waals surface area contributed by atoms with E-state index < -0.39 is 21.7 Å². The van der Waals surface area contributed by atoms with Crippen molar-refractivity contribution in [1.29, 1.82) is 0 Å². The summed E-state index contributed by atoms with van der Waals surface area (Å²) in [5, 5.41) is 11.3. The number of carbonyl (C=O) groups is 2. The van der Waals surface area contributed by atoms with Crippen LogP contribution < -0.4 is 5.32 Å². The summed E-state index contributed by atoms with van der Waals surface area (Å²) < 4.78 is 22.6. The minimum absolute atomic E-state index is 0.0735. The second-order valence-corrected chi connectivity index (χ2v) is 8.22. The minimum Gasteiger partial charge on any atom is -0.478 e. The molecule has 1 atom stereocenters. The van der Waals surface area contributed by atoms with Gasteiger partial charge in [-0.1, -0.05) is 0 Å². The van der Waals surface area contributed by atoms with E-state index in [0.717, 1.165) is 15.8 Å². The average Bonchev–Trinajstić information content (AvgIpc) is 3.00. The highest BCUT2D eigenvalue weighted by molar-refractivity contribution is 7.91. The van der Waals surface area contributed by atoms with Crippen molar-refractivity contribution in [2.75, 3.05) is 11.5 Å². The standard InChI is InChI=1S/C13H15NO5S2/c15-12(16)4-3-10-1-2-11(20-10)7-14-13(17)9-5-6-21(18,19)8-9/h1-4,9H,5-8H2,(H,14,17)(H,15,16). The Kier molecular flexibility index (Phi) is 4.79. The van der Waals surface area contributed by atoms with Gasteiger partial charge in [-0.15, -0.1) is 11.3 Å². The van der Waals surface area contributed by atoms with Crippen LogP contribution in [0.2, 0.25) is 0 Å². The van der Waals surface area contributed by atoms with Gasteiger partial charge in [-0.05, 0) is 24.6 Å². The van der Waals surface area contributed by atoms with Crippen LogP contribution in [0.4, 0.5) is 0 Å². The van der Waals surface area contributed by atoms with Crippen LogP contribution in [0.3, 0.4) is 0 Å². The molecular formula is C13H15NO5S2. The third-order valence-corrected chi connectivity index (χ3v) is 5.93. The number of carboxylic acids is 1. The van der Waals surface area contributed by atoms with Gasteiger partial charge in [-0.3, -0.25) is 4.79 Å². The first kappa shape index (κ1) is 15.7. The number of amides is 1. The van der Waals surface area contributed by atoms with Crippen LogP contribution in [0.15, 0.2) is 18.2 Å². The lowest BCUT2D eigenvalue weighted by atomic mass is 10.1. The normalized spacial score (nSPS) is 20.7. The zero-order valence-electron chi connectivity index (χ0n) is 11.1. The highest BCUT2D eigenvalue weighted by atomic mass is 32.2. The largest absolute Gasteiger partial charge is 0.478 e. The summed E-state index contributed by atoms with van der Waals surface area (Å²) in [5.74, 6) is -1.71. The monoisotopic (exact) mass is 329 g/mol. The van der Waals surface area contributed by atoms with Gasteiger partial charge in [0, 0.05) is 15.8 Å². The van der Waals surface area contributed by atoms with Crippen molar-refractivity contribution in [2.45, 2.75) is 13.0 Å². The van der Waals surface area contributed by atoms with E-state index >= 15 is 0 Å². The summed E-state index contributed by atoms with van der Waals surface area (Å²) in [6, 6.07) is 3.57. The smallest absolute Gasteiger partial charge is 0.328 e. The third kappa shape index (κ3) is 4.68. The number of sulfone groups is 1. The molecule has 1 unspecified atom stereocenters. The fourth-order valence-corrected chi connectivity index (χ4v) is 4.65. The summed E-state index contributed by atoms with van der Waals surface area (Å²) in [6.07, 6.45) is 2.92. The Bertz CT molecular complexity index is 674. The maximum atomic E-state index is 11.9. The van der Waals surface area contributed by atoms with Crippen LogP contribution >= 0.6 is 11.3 Å². The number of thiophene rings is 1. The average molecular weight is 329 g/mol. The van der Waals surface area contributed by atoms with Gasteiger partial charge in [0.25, 0.3) is 0 Å². The highest BCUT2D eigenvalue weighted by Crippen LogP contribution is 2.20. The van der Waals surface area contributed by atoms with Crippen molar-refractivity contribution in [2.24, 2.45) is 5.92 Å². The second kappa shape index (κ2) is 6.40. The van der Waals surface area contributed by atoms with E-state index in [1.54, 1.807) is 12.1 Å². The first-order valence-corrected chi connectivity index (χ1v) is 8.97. The number of aliphatic carboxylic acids is 1. The molecule has 0 bridgehead atoms. The molecule has 6 nitrogen and oxygen atoms in total. The van der Waals surface area contributed by atoms with Gasteiger partial charge in [0.15, 0.2) is 9.84 Å². The summed E-state index contributed by atoms with van der Waals surface area (Å²) in [4.78, 5) is 23.9. The Labute approximate surface area is 126 Å². The molecule has 1 saturated heterocycles. The number of hydrogen-bond donors (Lipinski definition) is 2. The van der Waals surface area contributed by atoms with Gasteiger partial charge in [0.2, 0.25) is 5.91 Å². The van der Waals surface area contributed by atoms with Gasteiger partial charge in [0.1, 0.15) is 0 Å². The quantitative estimate of drug-likeness (QED) is 0.782. The van der Waals surface area contributed by atoms with Gasteiger partial charge in [0.05, 0.1) is 24.0 Å². The number of rotatable bonds is 5. The topological polar surface area (TPSA) is 101 Å². The molecule has 1 aromatic rings. The Morgan fingerprint density at radius 2 is 2.19 bits per heavy atom. The summed E-state index contributed by atoms with van der Waals surface area (Å²) in [7, 11) is -3.06. The predicted molar refractivity (Wildman–Crippen MR) is 79.6 cm³/mol. The molecule has 0 aromatic carbocycles. The number of nitrogens with one attached hydrogen (secondary N) is 1. The van der Waals surface area contributed by atoms with Gasteiger partial charge in [-0.2, -0.15) is 0 Å². The zero-order chi connectivity index (χ0) is 15.5. The Hall–Kier alpha value is -1.67.